The lowest BCUT2D eigenvalue weighted by Gasteiger charge is -2.04. The fourth-order valence-corrected chi connectivity index (χ4v) is 2.38. The molecule has 0 unspecified atom stereocenters. The third-order valence-corrected chi connectivity index (χ3v) is 3.62. The van der Waals surface area contributed by atoms with Gasteiger partial charge in [-0.3, -0.25) is 0 Å². The predicted octanol–water partition coefficient (Wildman–Crippen LogP) is 4.92. The summed E-state index contributed by atoms with van der Waals surface area (Å²) in [5.74, 6) is 0. The summed E-state index contributed by atoms with van der Waals surface area (Å²) in [6.07, 6.45) is 15.7. The Labute approximate surface area is 114 Å². The molecule has 0 aliphatic carbocycles. The van der Waals surface area contributed by atoms with Crippen molar-refractivity contribution in [3.8, 4) is 0 Å². The molecule has 0 atom stereocenters. The molecule has 0 aromatic rings. The molecule has 0 rings (SSSR count). The zero-order valence-electron chi connectivity index (χ0n) is 11.9. The van der Waals surface area contributed by atoms with Crippen LogP contribution in [0, 0.1) is 0 Å². The number of hydrogen-bond acceptors (Lipinski definition) is 3. The quantitative estimate of drug-likeness (QED) is 0.350. The summed E-state index contributed by atoms with van der Waals surface area (Å²) in [6, 6.07) is 0. The number of unbranched alkanes of at least 4 members (excludes halogenated alkanes) is 11. The highest BCUT2D eigenvalue weighted by Gasteiger charge is 1.98. The number of hydrogen-bond donors (Lipinski definition) is 2. The Balaban J connectivity index is 2.90. The molecule has 0 aliphatic heterocycles. The molecular weight excluding hydrogens is 247 g/mol. The summed E-state index contributed by atoms with van der Waals surface area (Å²) in [4.78, 5) is 17.1. The maximum atomic E-state index is 8.53. The molecule has 0 aliphatic rings. The Morgan fingerprint density at radius 1 is 0.667 bits per heavy atom. The minimum absolute atomic E-state index is 0.482. The maximum absolute atomic E-state index is 8.53. The van der Waals surface area contributed by atoms with E-state index in [1.54, 1.807) is 0 Å². The Hall–Kier alpha value is 0.310. The van der Waals surface area contributed by atoms with Crippen molar-refractivity contribution in [3.63, 3.8) is 0 Å². The second-order valence-corrected chi connectivity index (χ2v) is 5.74. The Morgan fingerprint density at radius 3 is 1.44 bits per heavy atom. The largest absolute Gasteiger partial charge is 0.328 e. The van der Waals surface area contributed by atoms with Crippen LogP contribution in [0.3, 0.4) is 0 Å². The van der Waals surface area contributed by atoms with Crippen molar-refractivity contribution in [3.05, 3.63) is 0 Å². The van der Waals surface area contributed by atoms with Gasteiger partial charge in [-0.2, -0.15) is 0 Å². The first-order chi connectivity index (χ1) is 8.77. The van der Waals surface area contributed by atoms with E-state index in [1.165, 1.54) is 64.2 Å². The molecule has 0 fully saturated rings. The highest BCUT2D eigenvalue weighted by Crippen LogP contribution is 2.24. The first-order valence-electron chi connectivity index (χ1n) is 7.58. The average molecular weight is 278 g/mol. The summed E-state index contributed by atoms with van der Waals surface area (Å²) >= 11 is 0. The van der Waals surface area contributed by atoms with Crippen molar-refractivity contribution in [2.24, 2.45) is 0 Å². The van der Waals surface area contributed by atoms with Gasteiger partial charge in [-0.15, -0.1) is 0 Å². The maximum Gasteiger partial charge on any atom is 0.327 e. The molecule has 0 bridgehead atoms. The van der Waals surface area contributed by atoms with E-state index in [1.807, 2.05) is 0 Å². The molecule has 0 saturated heterocycles. The normalized spacial score (nSPS) is 11.3. The molecule has 0 spiro atoms. The fraction of sp³-hybridized carbons (Fsp3) is 1.00. The van der Waals surface area contributed by atoms with Crippen LogP contribution < -0.4 is 0 Å². The van der Waals surface area contributed by atoms with Gasteiger partial charge in [0, 0.05) is 0 Å². The van der Waals surface area contributed by atoms with Gasteiger partial charge in [-0.05, 0) is 6.42 Å². The second kappa shape index (κ2) is 15.4. The van der Waals surface area contributed by atoms with Crippen LogP contribution in [0.2, 0.25) is 0 Å². The van der Waals surface area contributed by atoms with E-state index in [-0.39, 0.29) is 0 Å². The summed E-state index contributed by atoms with van der Waals surface area (Å²) in [7, 11) is -2.14. The van der Waals surface area contributed by atoms with E-state index >= 15 is 0 Å². The lowest BCUT2D eigenvalue weighted by Crippen LogP contribution is -1.89. The molecule has 0 amide bonds. The smallest absolute Gasteiger partial charge is 0.327 e. The van der Waals surface area contributed by atoms with E-state index in [0.29, 0.717) is 6.61 Å². The van der Waals surface area contributed by atoms with Gasteiger partial charge in [0.15, 0.2) is 0 Å². The van der Waals surface area contributed by atoms with Crippen LogP contribution in [-0.2, 0) is 4.52 Å². The fourth-order valence-electron chi connectivity index (χ4n) is 2.09. The van der Waals surface area contributed by atoms with Crippen molar-refractivity contribution in [2.75, 3.05) is 6.61 Å². The van der Waals surface area contributed by atoms with Gasteiger partial charge in [0.25, 0.3) is 0 Å². The van der Waals surface area contributed by atoms with E-state index < -0.39 is 8.60 Å². The van der Waals surface area contributed by atoms with Crippen LogP contribution >= 0.6 is 8.60 Å². The molecule has 0 aromatic carbocycles. The summed E-state index contributed by atoms with van der Waals surface area (Å²) in [5.41, 5.74) is 0. The first kappa shape index (κ1) is 18.3. The zero-order valence-corrected chi connectivity index (χ0v) is 12.8. The summed E-state index contributed by atoms with van der Waals surface area (Å²) < 4.78 is 4.71. The SMILES string of the molecule is CCCCCCCCCCCCCCOP(O)O. The van der Waals surface area contributed by atoms with Gasteiger partial charge in [-0.25, -0.2) is 0 Å². The number of rotatable bonds is 14. The molecule has 3 nitrogen and oxygen atoms in total. The van der Waals surface area contributed by atoms with Crippen LogP contribution in [-0.4, -0.2) is 16.4 Å². The summed E-state index contributed by atoms with van der Waals surface area (Å²) in [5, 5.41) is 0. The Bertz CT molecular complexity index is 154. The molecule has 0 aromatic heterocycles. The molecule has 0 heterocycles. The van der Waals surface area contributed by atoms with Crippen LogP contribution in [0.1, 0.15) is 84.0 Å². The topological polar surface area (TPSA) is 49.7 Å². The third kappa shape index (κ3) is 16.3. The molecular formula is C14H31O3P. The standard InChI is InChI=1S/C14H31O3P/c1-2-3-4-5-6-7-8-9-10-11-12-13-14-17-18(15)16/h15-16H,2-14H2,1H3. The monoisotopic (exact) mass is 278 g/mol. The van der Waals surface area contributed by atoms with Gasteiger partial charge < -0.3 is 14.3 Å². The van der Waals surface area contributed by atoms with Gasteiger partial charge in [0.2, 0.25) is 0 Å². The minimum Gasteiger partial charge on any atom is -0.328 e. The van der Waals surface area contributed by atoms with Gasteiger partial charge in [0.05, 0.1) is 6.61 Å². The van der Waals surface area contributed by atoms with Crippen LogP contribution in [0.15, 0.2) is 0 Å². The molecule has 4 heteroatoms. The highest BCUT2D eigenvalue weighted by atomic mass is 31.2. The van der Waals surface area contributed by atoms with Gasteiger partial charge in [-0.1, -0.05) is 77.6 Å². The lowest BCUT2D eigenvalue weighted by atomic mass is 10.1. The second-order valence-electron chi connectivity index (χ2n) is 4.98. The highest BCUT2D eigenvalue weighted by molar-refractivity contribution is 7.39. The van der Waals surface area contributed by atoms with E-state index in [0.717, 1.165) is 12.8 Å². The zero-order chi connectivity index (χ0) is 13.5. The Kier molecular flexibility index (Phi) is 15.6. The van der Waals surface area contributed by atoms with Crippen molar-refractivity contribution < 1.29 is 14.3 Å². The van der Waals surface area contributed by atoms with Crippen molar-refractivity contribution in [2.45, 2.75) is 84.0 Å². The summed E-state index contributed by atoms with van der Waals surface area (Å²) in [6.45, 7) is 2.74. The van der Waals surface area contributed by atoms with Crippen LogP contribution in [0.5, 0.6) is 0 Å². The van der Waals surface area contributed by atoms with Crippen LogP contribution in [0.4, 0.5) is 0 Å². The molecule has 0 saturated carbocycles. The first-order valence-corrected chi connectivity index (χ1v) is 8.74. The van der Waals surface area contributed by atoms with Crippen LogP contribution in [0.25, 0.3) is 0 Å². The predicted molar refractivity (Wildman–Crippen MR) is 78.4 cm³/mol. The lowest BCUT2D eigenvalue weighted by molar-refractivity contribution is 0.248. The third-order valence-electron chi connectivity index (χ3n) is 3.20. The minimum atomic E-state index is -2.14. The van der Waals surface area contributed by atoms with Crippen molar-refractivity contribution in [1.82, 2.24) is 0 Å². The van der Waals surface area contributed by atoms with E-state index in [9.17, 15) is 0 Å². The van der Waals surface area contributed by atoms with Crippen molar-refractivity contribution >= 4 is 8.60 Å². The van der Waals surface area contributed by atoms with E-state index in [4.69, 9.17) is 14.3 Å². The van der Waals surface area contributed by atoms with Crippen molar-refractivity contribution in [1.29, 1.82) is 0 Å². The van der Waals surface area contributed by atoms with Gasteiger partial charge >= 0.3 is 8.60 Å². The molecule has 110 valence electrons. The Morgan fingerprint density at radius 2 is 1.06 bits per heavy atom. The van der Waals surface area contributed by atoms with Gasteiger partial charge in [0.1, 0.15) is 0 Å². The molecule has 18 heavy (non-hydrogen) atoms. The molecule has 2 N–H and O–H groups in total. The van der Waals surface area contributed by atoms with E-state index in [2.05, 4.69) is 6.92 Å². The average Bonchev–Trinajstić information content (AvgIpc) is 2.34. The molecule has 0 radical (unpaired) electrons.